The molecule has 126 valence electrons. The normalized spacial score (nSPS) is 14.6. The Bertz CT molecular complexity index is 713. The van der Waals surface area contributed by atoms with Crippen molar-refractivity contribution in [2.75, 3.05) is 0 Å². The van der Waals surface area contributed by atoms with Crippen molar-refractivity contribution in [3.8, 4) is 0 Å². The van der Waals surface area contributed by atoms with Gasteiger partial charge in [0.25, 0.3) is 0 Å². The molecule has 0 radical (unpaired) electrons. The lowest BCUT2D eigenvalue weighted by atomic mass is 9.89. The zero-order valence-corrected chi connectivity index (χ0v) is 14.0. The van der Waals surface area contributed by atoms with Gasteiger partial charge in [0.2, 0.25) is 11.8 Å². The predicted molar refractivity (Wildman–Crippen MR) is 94.0 cm³/mol. The minimum absolute atomic E-state index is 0.360. The molecule has 5 N–H and O–H groups in total. The van der Waals surface area contributed by atoms with Crippen LogP contribution in [-0.4, -0.2) is 17.4 Å². The highest BCUT2D eigenvalue weighted by Crippen LogP contribution is 2.20. The van der Waals surface area contributed by atoms with Crippen LogP contribution in [0.5, 0.6) is 0 Å². The average molecular weight is 325 g/mol. The summed E-state index contributed by atoms with van der Waals surface area (Å²) in [5.41, 5.74) is 12.8. The van der Waals surface area contributed by atoms with Crippen molar-refractivity contribution in [1.82, 2.24) is 5.32 Å². The number of aryl methyl sites for hydroxylation is 1. The number of hydrogen-bond acceptors (Lipinski definition) is 3. The first-order valence-corrected chi connectivity index (χ1v) is 7.79. The highest BCUT2D eigenvalue weighted by Gasteiger charge is 2.35. The smallest absolute Gasteiger partial charge is 0.239 e. The molecule has 0 saturated heterocycles. The van der Waals surface area contributed by atoms with Gasteiger partial charge in [0.1, 0.15) is 6.04 Å². The third-order valence-electron chi connectivity index (χ3n) is 4.10. The highest BCUT2D eigenvalue weighted by molar-refractivity contribution is 5.87. The van der Waals surface area contributed by atoms with Crippen LogP contribution in [-0.2, 0) is 16.0 Å². The van der Waals surface area contributed by atoms with Gasteiger partial charge < -0.3 is 11.5 Å². The van der Waals surface area contributed by atoms with Crippen molar-refractivity contribution in [2.45, 2.75) is 31.8 Å². The summed E-state index contributed by atoms with van der Waals surface area (Å²) in [7, 11) is 0. The average Bonchev–Trinajstić information content (AvgIpc) is 2.55. The molecule has 0 spiro atoms. The van der Waals surface area contributed by atoms with E-state index in [1.165, 1.54) is 0 Å². The molecule has 0 aliphatic heterocycles. The van der Waals surface area contributed by atoms with Crippen molar-refractivity contribution in [2.24, 2.45) is 11.5 Å². The topological polar surface area (TPSA) is 98.2 Å². The van der Waals surface area contributed by atoms with Gasteiger partial charge in [-0.15, -0.1) is 0 Å². The highest BCUT2D eigenvalue weighted by atomic mass is 16.2. The summed E-state index contributed by atoms with van der Waals surface area (Å²) in [5, 5.41) is 3.06. The van der Waals surface area contributed by atoms with Crippen LogP contribution in [0.15, 0.2) is 54.6 Å². The van der Waals surface area contributed by atoms with Crippen molar-refractivity contribution in [3.63, 3.8) is 0 Å². The molecule has 0 fully saturated rings. The van der Waals surface area contributed by atoms with Crippen LogP contribution in [0, 0.1) is 6.92 Å². The molecule has 0 heterocycles. The molecule has 2 aromatic carbocycles. The molecule has 0 aliphatic carbocycles. The fourth-order valence-electron chi connectivity index (χ4n) is 2.61. The Labute approximate surface area is 142 Å². The lowest BCUT2D eigenvalue weighted by Gasteiger charge is -2.31. The minimum atomic E-state index is -1.11. The molecule has 2 amide bonds. The summed E-state index contributed by atoms with van der Waals surface area (Å²) in [6, 6.07) is 16.1. The van der Waals surface area contributed by atoms with E-state index in [-0.39, 0.29) is 0 Å². The van der Waals surface area contributed by atoms with Crippen LogP contribution in [0.3, 0.4) is 0 Å². The number of benzene rings is 2. The molecule has 0 aliphatic rings. The fourth-order valence-corrected chi connectivity index (χ4v) is 2.61. The maximum atomic E-state index is 12.1. The van der Waals surface area contributed by atoms with E-state index >= 15 is 0 Å². The second-order valence-electron chi connectivity index (χ2n) is 6.25. The third kappa shape index (κ3) is 4.20. The van der Waals surface area contributed by atoms with Crippen molar-refractivity contribution in [3.05, 3.63) is 71.3 Å². The number of rotatable bonds is 7. The summed E-state index contributed by atoms with van der Waals surface area (Å²) in [6.07, 6.45) is 0.360. The maximum Gasteiger partial charge on any atom is 0.239 e. The van der Waals surface area contributed by atoms with Gasteiger partial charge >= 0.3 is 0 Å². The Kier molecular flexibility index (Phi) is 5.36. The maximum absolute atomic E-state index is 12.1. The number of nitrogens with two attached hydrogens (primary N) is 2. The zero-order valence-electron chi connectivity index (χ0n) is 14.0. The molecule has 2 aromatic rings. The molecule has 0 aromatic heterocycles. The number of carbonyl (C=O) groups is 2. The Hall–Kier alpha value is -2.66. The summed E-state index contributed by atoms with van der Waals surface area (Å²) in [4.78, 5) is 24.0. The predicted octanol–water partition coefficient (Wildman–Crippen LogP) is 1.60. The number of nitrogens with one attached hydrogen (secondary N) is 1. The molecule has 0 saturated carbocycles. The largest absolute Gasteiger partial charge is 0.368 e. The molecule has 0 bridgehead atoms. The summed E-state index contributed by atoms with van der Waals surface area (Å²) >= 11 is 0. The molecule has 0 unspecified atom stereocenters. The number of hydrogen-bond donors (Lipinski definition) is 3. The van der Waals surface area contributed by atoms with Crippen molar-refractivity contribution >= 4 is 11.8 Å². The quantitative estimate of drug-likeness (QED) is 0.721. The molecular formula is C19H23N3O2. The molecule has 2 atom stereocenters. The van der Waals surface area contributed by atoms with E-state index in [9.17, 15) is 9.59 Å². The van der Waals surface area contributed by atoms with Gasteiger partial charge in [-0.1, -0.05) is 60.2 Å². The monoisotopic (exact) mass is 325 g/mol. The lowest BCUT2D eigenvalue weighted by molar-refractivity contribution is -0.126. The first-order valence-electron chi connectivity index (χ1n) is 7.79. The van der Waals surface area contributed by atoms with Crippen molar-refractivity contribution in [1.29, 1.82) is 0 Å². The Balaban J connectivity index is 2.29. The van der Waals surface area contributed by atoms with E-state index in [2.05, 4.69) is 5.32 Å². The van der Waals surface area contributed by atoms with E-state index in [1.54, 1.807) is 19.1 Å². The van der Waals surface area contributed by atoms with Gasteiger partial charge in [-0.3, -0.25) is 14.9 Å². The first kappa shape index (κ1) is 17.7. The third-order valence-corrected chi connectivity index (χ3v) is 4.10. The van der Waals surface area contributed by atoms with E-state index in [1.807, 2.05) is 49.4 Å². The second-order valence-corrected chi connectivity index (χ2v) is 6.25. The van der Waals surface area contributed by atoms with Gasteiger partial charge in [-0.2, -0.15) is 0 Å². The van der Waals surface area contributed by atoms with Crippen LogP contribution < -0.4 is 16.8 Å². The Morgan fingerprint density at radius 2 is 1.62 bits per heavy atom. The summed E-state index contributed by atoms with van der Waals surface area (Å²) in [5.74, 6) is -1.09. The van der Waals surface area contributed by atoms with Gasteiger partial charge in [0.15, 0.2) is 0 Å². The van der Waals surface area contributed by atoms with Crippen LogP contribution >= 0.6 is 0 Å². The molecule has 2 rings (SSSR count). The van der Waals surface area contributed by atoms with Gasteiger partial charge in [-0.05, 0) is 31.4 Å². The Morgan fingerprint density at radius 3 is 2.12 bits per heavy atom. The first-order chi connectivity index (χ1) is 11.3. The standard InChI is InChI=1S/C19H23N3O2/c1-13-8-10-14(11-9-13)12-19(2,18(21)24)22-16(17(20)23)15-6-4-3-5-7-15/h3-11,16,22H,12H2,1-2H3,(H2,20,23)(H2,21,24)/t16-,19+/m0/s1. The van der Waals surface area contributed by atoms with Crippen LogP contribution in [0.1, 0.15) is 29.7 Å². The van der Waals surface area contributed by atoms with E-state index in [0.29, 0.717) is 12.0 Å². The zero-order chi connectivity index (χ0) is 17.7. The Morgan fingerprint density at radius 1 is 1.04 bits per heavy atom. The van der Waals surface area contributed by atoms with E-state index in [0.717, 1.165) is 11.1 Å². The summed E-state index contributed by atoms with van der Waals surface area (Å²) in [6.45, 7) is 3.68. The lowest BCUT2D eigenvalue weighted by Crippen LogP contribution is -2.57. The molecular weight excluding hydrogens is 302 g/mol. The number of amides is 2. The second kappa shape index (κ2) is 7.27. The number of carbonyl (C=O) groups excluding carboxylic acids is 2. The number of primary amides is 2. The van der Waals surface area contributed by atoms with E-state index in [4.69, 9.17) is 11.5 Å². The molecule has 24 heavy (non-hydrogen) atoms. The van der Waals surface area contributed by atoms with E-state index < -0.39 is 23.4 Å². The SMILES string of the molecule is Cc1ccc(C[C@@](C)(N[C@H](C(N)=O)c2ccccc2)C(N)=O)cc1. The van der Waals surface area contributed by atoms with Gasteiger partial charge in [0, 0.05) is 0 Å². The summed E-state index contributed by atoms with van der Waals surface area (Å²) < 4.78 is 0. The van der Waals surface area contributed by atoms with Crippen LogP contribution in [0.4, 0.5) is 0 Å². The van der Waals surface area contributed by atoms with Gasteiger partial charge in [-0.25, -0.2) is 0 Å². The van der Waals surface area contributed by atoms with Crippen LogP contribution in [0.2, 0.25) is 0 Å². The molecule has 5 nitrogen and oxygen atoms in total. The van der Waals surface area contributed by atoms with Crippen molar-refractivity contribution < 1.29 is 9.59 Å². The molecule has 5 heteroatoms. The van der Waals surface area contributed by atoms with Gasteiger partial charge in [0.05, 0.1) is 5.54 Å². The minimum Gasteiger partial charge on any atom is -0.368 e. The fraction of sp³-hybridized carbons (Fsp3) is 0.263. The van der Waals surface area contributed by atoms with Crippen LogP contribution in [0.25, 0.3) is 0 Å².